The molecule has 0 spiro atoms. The van der Waals surface area contributed by atoms with E-state index in [1.807, 2.05) is 0 Å². The lowest BCUT2D eigenvalue weighted by Gasteiger charge is -2.18. The molecular formula is C19H22BF3N4O4S. The van der Waals surface area contributed by atoms with E-state index >= 15 is 0 Å². The van der Waals surface area contributed by atoms with Gasteiger partial charge in [0.2, 0.25) is 11.8 Å². The Balaban J connectivity index is 1.82. The summed E-state index contributed by atoms with van der Waals surface area (Å²) in [5.74, 6) is -1.87. The van der Waals surface area contributed by atoms with Crippen LogP contribution in [-0.4, -0.2) is 56.7 Å². The highest BCUT2D eigenvalue weighted by atomic mass is 32.2. The summed E-state index contributed by atoms with van der Waals surface area (Å²) in [5.41, 5.74) is 1.14. The lowest BCUT2D eigenvalue weighted by atomic mass is 10.00. The monoisotopic (exact) mass is 470 g/mol. The Kier molecular flexibility index (Phi) is 6.79. The molecule has 1 aliphatic carbocycles. The molecule has 3 atom stereocenters. The number of nitrogens with zero attached hydrogens (tertiary/aromatic N) is 3. The molecule has 0 saturated heterocycles. The second-order valence-corrected chi connectivity index (χ2v) is 10.0. The van der Waals surface area contributed by atoms with Crippen molar-refractivity contribution in [3.05, 3.63) is 30.5 Å². The molecule has 1 unspecified atom stereocenters. The van der Waals surface area contributed by atoms with E-state index in [2.05, 4.69) is 19.6 Å². The van der Waals surface area contributed by atoms with Gasteiger partial charge in [-0.15, -0.1) is 4.36 Å². The first-order valence-corrected chi connectivity index (χ1v) is 11.4. The van der Waals surface area contributed by atoms with Crippen LogP contribution in [0.2, 0.25) is 0 Å². The zero-order chi connectivity index (χ0) is 23.7. The maximum atomic E-state index is 13.1. The average Bonchev–Trinajstić information content (AvgIpc) is 3.56. The molecule has 1 aromatic carbocycles. The number of carbonyl (C=O) groups excluding carboxylic acids is 1. The number of anilines is 2. The van der Waals surface area contributed by atoms with Crippen LogP contribution in [0.25, 0.3) is 0 Å². The molecule has 3 rings (SSSR count). The van der Waals surface area contributed by atoms with E-state index in [9.17, 15) is 27.3 Å². The maximum Gasteiger partial charge on any atom is 0.474 e. The van der Waals surface area contributed by atoms with Gasteiger partial charge in [-0.05, 0) is 56.4 Å². The maximum absolute atomic E-state index is 13.1. The number of aromatic nitrogens is 2. The lowest BCUT2D eigenvalue weighted by Crippen LogP contribution is -2.28. The number of alkyl halides is 3. The van der Waals surface area contributed by atoms with Crippen molar-refractivity contribution < 1.29 is 32.0 Å². The van der Waals surface area contributed by atoms with Crippen molar-refractivity contribution in [2.75, 3.05) is 5.32 Å². The first-order valence-electron chi connectivity index (χ1n) is 9.83. The highest BCUT2D eigenvalue weighted by Crippen LogP contribution is 2.37. The molecule has 1 aromatic heterocycles. The van der Waals surface area contributed by atoms with E-state index in [0.29, 0.717) is 24.0 Å². The summed E-state index contributed by atoms with van der Waals surface area (Å²) in [6, 6.07) is 5.73. The predicted molar refractivity (Wildman–Crippen MR) is 115 cm³/mol. The van der Waals surface area contributed by atoms with Gasteiger partial charge in [0.1, 0.15) is 14.0 Å². The summed E-state index contributed by atoms with van der Waals surface area (Å²) in [6.45, 7) is 3.29. The van der Waals surface area contributed by atoms with E-state index in [1.54, 1.807) is 21.7 Å². The number of ether oxygens (including phenoxy) is 1. The van der Waals surface area contributed by atoms with Gasteiger partial charge in [-0.1, -0.05) is 0 Å². The molecule has 13 heteroatoms. The topological polar surface area (TPSA) is 114 Å². The number of aliphatic hydroxyl groups excluding tert-OH is 1. The van der Waals surface area contributed by atoms with Gasteiger partial charge in [-0.2, -0.15) is 18.2 Å². The van der Waals surface area contributed by atoms with Crippen molar-refractivity contribution in [2.45, 2.75) is 55.2 Å². The lowest BCUT2D eigenvalue weighted by molar-refractivity contribution is -0.169. The van der Waals surface area contributed by atoms with Crippen LogP contribution in [0, 0.1) is 0 Å². The summed E-state index contributed by atoms with van der Waals surface area (Å²) >= 11 is 0. The molecule has 1 saturated carbocycles. The molecule has 0 bridgehead atoms. The van der Waals surface area contributed by atoms with E-state index in [1.165, 1.54) is 30.5 Å². The molecule has 8 nitrogen and oxygen atoms in total. The van der Waals surface area contributed by atoms with Crippen LogP contribution in [0.5, 0.6) is 5.88 Å². The quantitative estimate of drug-likeness (QED) is 0.593. The minimum absolute atomic E-state index is 0.0581. The number of amides is 1. The first kappa shape index (κ1) is 24.0. The van der Waals surface area contributed by atoms with Crippen LogP contribution >= 0.6 is 0 Å². The fourth-order valence-electron chi connectivity index (χ4n) is 2.62. The third-order valence-electron chi connectivity index (χ3n) is 4.79. The Labute approximate surface area is 184 Å². The van der Waals surface area contributed by atoms with Crippen LogP contribution in [-0.2, 0) is 14.5 Å². The van der Waals surface area contributed by atoms with Crippen LogP contribution in [0.1, 0.15) is 26.7 Å². The van der Waals surface area contributed by atoms with Gasteiger partial charge in [0, 0.05) is 22.0 Å². The van der Waals surface area contributed by atoms with Crippen molar-refractivity contribution >= 4 is 40.6 Å². The minimum atomic E-state index is -5.17. The van der Waals surface area contributed by atoms with E-state index < -0.39 is 39.3 Å². The summed E-state index contributed by atoms with van der Waals surface area (Å²) in [5, 5.41) is 12.0. The second-order valence-electron chi connectivity index (χ2n) is 7.56. The summed E-state index contributed by atoms with van der Waals surface area (Å²) in [6.07, 6.45) is -3.95. The summed E-state index contributed by atoms with van der Waals surface area (Å²) < 4.78 is 59.8. The zero-order valence-electron chi connectivity index (χ0n) is 17.6. The number of halogens is 3. The standard InChI is InChI=1S/C19H22BF3N4O4S/c1-10(28)11(2)31-16-15(20)9-24-18(26-16)25-12-3-5-13(6-4-12)32(30,14-7-8-14)27-17(29)19(21,22)23/h3-6,9-11,14,28H,7-8,20H2,1-2H3,(H,24,25,26)/t10-,11-,32?/m1/s1. The number of benzene rings is 1. The summed E-state index contributed by atoms with van der Waals surface area (Å²) in [4.78, 5) is 19.8. The normalized spacial score (nSPS) is 17.7. The van der Waals surface area contributed by atoms with Gasteiger partial charge < -0.3 is 15.2 Å². The molecular weight excluding hydrogens is 448 g/mol. The molecule has 172 valence electrons. The molecule has 32 heavy (non-hydrogen) atoms. The number of hydrogen-bond donors (Lipinski definition) is 2. The van der Waals surface area contributed by atoms with E-state index in [4.69, 9.17) is 4.74 Å². The van der Waals surface area contributed by atoms with E-state index in [-0.39, 0.29) is 16.7 Å². The van der Waals surface area contributed by atoms with E-state index in [0.717, 1.165) is 0 Å². The molecule has 1 fully saturated rings. The molecule has 2 aromatic rings. The average molecular weight is 470 g/mol. The van der Waals surface area contributed by atoms with Crippen molar-refractivity contribution in [1.29, 1.82) is 0 Å². The third kappa shape index (κ3) is 5.57. The Morgan fingerprint density at radius 1 is 1.31 bits per heavy atom. The molecule has 1 aliphatic rings. The summed E-state index contributed by atoms with van der Waals surface area (Å²) in [7, 11) is -1.77. The number of rotatable bonds is 7. The van der Waals surface area contributed by atoms with Gasteiger partial charge in [0.05, 0.1) is 15.8 Å². The SMILES string of the molecule is Bc1cnc(Nc2ccc(S(=O)(=NC(=O)C(F)(F)F)C3CC3)cc2)nc1O[C@H](C)[C@@H](C)O. The zero-order valence-corrected chi connectivity index (χ0v) is 18.4. The minimum Gasteiger partial charge on any atom is -0.472 e. The van der Waals surface area contributed by atoms with Crippen LogP contribution in [0.3, 0.4) is 0 Å². The highest BCUT2D eigenvalue weighted by molar-refractivity contribution is 7.94. The third-order valence-corrected chi connectivity index (χ3v) is 7.55. The Hall–Kier alpha value is -2.67. The molecule has 1 heterocycles. The van der Waals surface area contributed by atoms with Crippen molar-refractivity contribution in [3.8, 4) is 5.88 Å². The number of nitrogens with one attached hydrogen (secondary N) is 1. The highest BCUT2D eigenvalue weighted by Gasteiger charge is 2.43. The van der Waals surface area contributed by atoms with Gasteiger partial charge in [-0.25, -0.2) is 9.19 Å². The smallest absolute Gasteiger partial charge is 0.472 e. The Bertz CT molecular complexity index is 1110. The first-order chi connectivity index (χ1) is 14.9. The Morgan fingerprint density at radius 3 is 2.47 bits per heavy atom. The fraction of sp³-hybridized carbons (Fsp3) is 0.421. The number of carbonyl (C=O) groups is 1. The molecule has 0 radical (unpaired) electrons. The van der Waals surface area contributed by atoms with Gasteiger partial charge in [0.15, 0.2) is 0 Å². The predicted octanol–water partition coefficient (Wildman–Crippen LogP) is 1.70. The van der Waals surface area contributed by atoms with Crippen LogP contribution in [0.15, 0.2) is 39.7 Å². The molecule has 2 N–H and O–H groups in total. The van der Waals surface area contributed by atoms with Crippen LogP contribution in [0.4, 0.5) is 24.8 Å². The fourth-order valence-corrected chi connectivity index (χ4v) is 4.92. The molecule has 1 amide bonds. The van der Waals surface area contributed by atoms with Gasteiger partial charge in [0.25, 0.3) is 0 Å². The number of hydrogen-bond acceptors (Lipinski definition) is 7. The van der Waals surface area contributed by atoms with Crippen molar-refractivity contribution in [1.82, 2.24) is 9.97 Å². The van der Waals surface area contributed by atoms with Gasteiger partial charge in [-0.3, -0.25) is 4.79 Å². The van der Waals surface area contributed by atoms with Crippen LogP contribution < -0.4 is 15.5 Å². The number of aliphatic hydroxyl groups is 1. The Morgan fingerprint density at radius 2 is 1.94 bits per heavy atom. The van der Waals surface area contributed by atoms with Gasteiger partial charge >= 0.3 is 12.1 Å². The largest absolute Gasteiger partial charge is 0.474 e. The van der Waals surface area contributed by atoms with Crippen molar-refractivity contribution in [2.24, 2.45) is 4.36 Å². The molecule has 0 aliphatic heterocycles. The second kappa shape index (κ2) is 9.06. The van der Waals surface area contributed by atoms with Crippen molar-refractivity contribution in [3.63, 3.8) is 0 Å².